The molecule has 3 N–H and O–H groups in total. The van der Waals surface area contributed by atoms with Crippen LogP contribution >= 0.6 is 0 Å². The van der Waals surface area contributed by atoms with Crippen LogP contribution in [0.15, 0.2) is 18.2 Å². The maximum absolute atomic E-state index is 13.0. The first-order valence-electron chi connectivity index (χ1n) is 5.43. The van der Waals surface area contributed by atoms with Crippen LogP contribution in [0.3, 0.4) is 0 Å². The van der Waals surface area contributed by atoms with E-state index < -0.39 is 11.6 Å². The van der Waals surface area contributed by atoms with Crippen LogP contribution in [-0.4, -0.2) is 6.04 Å². The fraction of sp³-hybridized carbons (Fsp3) is 0.500. The largest absolute Gasteiger partial charge is 0.271 e. The summed E-state index contributed by atoms with van der Waals surface area (Å²) in [5, 5.41) is 0. The Morgan fingerprint density at radius 1 is 1.25 bits per heavy atom. The van der Waals surface area contributed by atoms with E-state index in [9.17, 15) is 8.78 Å². The topological polar surface area (TPSA) is 38.0 Å². The molecule has 0 spiro atoms. The van der Waals surface area contributed by atoms with Crippen LogP contribution in [0.1, 0.15) is 25.8 Å². The molecule has 0 heterocycles. The molecule has 0 aliphatic carbocycles. The zero-order chi connectivity index (χ0) is 12.1. The fourth-order valence-corrected chi connectivity index (χ4v) is 1.73. The molecule has 2 nitrogen and oxygen atoms in total. The molecule has 0 radical (unpaired) electrons. The molecule has 16 heavy (non-hydrogen) atoms. The Morgan fingerprint density at radius 3 is 2.44 bits per heavy atom. The summed E-state index contributed by atoms with van der Waals surface area (Å²) >= 11 is 0. The Kier molecular flexibility index (Phi) is 4.83. The van der Waals surface area contributed by atoms with Crippen LogP contribution in [0.2, 0.25) is 0 Å². The molecule has 1 rings (SSSR count). The lowest BCUT2D eigenvalue weighted by atomic mass is 9.98. The lowest BCUT2D eigenvalue weighted by Gasteiger charge is -2.18. The fourth-order valence-electron chi connectivity index (χ4n) is 1.73. The maximum atomic E-state index is 13.0. The third kappa shape index (κ3) is 3.87. The second-order valence-electron chi connectivity index (χ2n) is 4.45. The summed E-state index contributed by atoms with van der Waals surface area (Å²) in [6, 6.07) is 4.04. The van der Waals surface area contributed by atoms with Crippen LogP contribution in [0.4, 0.5) is 8.78 Å². The number of nitrogens with two attached hydrogens (primary N) is 1. The second-order valence-corrected chi connectivity index (χ2v) is 4.45. The Balaban J connectivity index is 2.66. The van der Waals surface area contributed by atoms with Crippen molar-refractivity contribution in [3.8, 4) is 0 Å². The lowest BCUT2D eigenvalue weighted by molar-refractivity contribution is 0.421. The van der Waals surface area contributed by atoms with Crippen molar-refractivity contribution in [3.63, 3.8) is 0 Å². The predicted molar refractivity (Wildman–Crippen MR) is 60.6 cm³/mol. The van der Waals surface area contributed by atoms with Crippen molar-refractivity contribution in [3.05, 3.63) is 35.4 Å². The number of rotatable bonds is 5. The quantitative estimate of drug-likeness (QED) is 0.600. The molecule has 1 aromatic rings. The van der Waals surface area contributed by atoms with E-state index in [0.29, 0.717) is 12.3 Å². The summed E-state index contributed by atoms with van der Waals surface area (Å²) < 4.78 is 25.7. The highest BCUT2D eigenvalue weighted by Gasteiger charge is 2.11. The average Bonchev–Trinajstić information content (AvgIpc) is 2.22. The van der Waals surface area contributed by atoms with E-state index in [-0.39, 0.29) is 6.04 Å². The number of hydrogen-bond donors (Lipinski definition) is 2. The van der Waals surface area contributed by atoms with E-state index in [4.69, 9.17) is 5.84 Å². The first kappa shape index (κ1) is 13.1. The summed E-state index contributed by atoms with van der Waals surface area (Å²) in [4.78, 5) is 0. The van der Waals surface area contributed by atoms with Crippen molar-refractivity contribution in [2.24, 2.45) is 11.8 Å². The molecule has 1 unspecified atom stereocenters. The molecule has 0 aliphatic rings. The van der Waals surface area contributed by atoms with Gasteiger partial charge in [0.05, 0.1) is 0 Å². The maximum Gasteiger partial charge on any atom is 0.159 e. The highest BCUT2D eigenvalue weighted by Crippen LogP contribution is 2.13. The minimum atomic E-state index is -0.815. The van der Waals surface area contributed by atoms with Crippen molar-refractivity contribution >= 4 is 0 Å². The van der Waals surface area contributed by atoms with Crippen LogP contribution in [0.25, 0.3) is 0 Å². The molecule has 1 atom stereocenters. The summed E-state index contributed by atoms with van der Waals surface area (Å²) in [6.45, 7) is 4.19. The number of hydrazine groups is 1. The standard InChI is InChI=1S/C12H18F2N2/c1-8(2)5-10(16-15)6-9-3-4-11(13)12(14)7-9/h3-4,7-8,10,16H,5-6,15H2,1-2H3. The molecule has 90 valence electrons. The van der Waals surface area contributed by atoms with Crippen molar-refractivity contribution in [1.82, 2.24) is 5.43 Å². The molecule has 0 fully saturated rings. The van der Waals surface area contributed by atoms with Crippen LogP contribution in [0.5, 0.6) is 0 Å². The number of halogens is 2. The lowest BCUT2D eigenvalue weighted by Crippen LogP contribution is -2.37. The molecule has 0 aromatic heterocycles. The summed E-state index contributed by atoms with van der Waals surface area (Å²) in [5.41, 5.74) is 3.45. The zero-order valence-electron chi connectivity index (χ0n) is 9.63. The normalized spacial score (nSPS) is 13.1. The van der Waals surface area contributed by atoms with Crippen LogP contribution < -0.4 is 11.3 Å². The molecular weight excluding hydrogens is 210 g/mol. The Hall–Kier alpha value is -1.00. The SMILES string of the molecule is CC(C)CC(Cc1ccc(F)c(F)c1)NN. The molecular formula is C12H18F2N2. The monoisotopic (exact) mass is 228 g/mol. The third-order valence-corrected chi connectivity index (χ3v) is 2.46. The van der Waals surface area contributed by atoms with E-state index in [1.165, 1.54) is 6.07 Å². The van der Waals surface area contributed by atoms with Crippen molar-refractivity contribution < 1.29 is 8.78 Å². The molecule has 0 saturated heterocycles. The van der Waals surface area contributed by atoms with E-state index >= 15 is 0 Å². The average molecular weight is 228 g/mol. The number of hydrogen-bond acceptors (Lipinski definition) is 2. The first-order valence-corrected chi connectivity index (χ1v) is 5.43. The van der Waals surface area contributed by atoms with E-state index in [1.807, 2.05) is 0 Å². The van der Waals surface area contributed by atoms with Gasteiger partial charge in [0.15, 0.2) is 11.6 Å². The smallest absolute Gasteiger partial charge is 0.159 e. The first-order chi connectivity index (χ1) is 7.52. The number of benzene rings is 1. The minimum absolute atomic E-state index is 0.0878. The molecule has 0 amide bonds. The minimum Gasteiger partial charge on any atom is -0.271 e. The van der Waals surface area contributed by atoms with Crippen molar-refractivity contribution in [2.75, 3.05) is 0 Å². The van der Waals surface area contributed by atoms with Gasteiger partial charge in [-0.2, -0.15) is 0 Å². The predicted octanol–water partition coefficient (Wildman–Crippen LogP) is 2.39. The van der Waals surface area contributed by atoms with Crippen LogP contribution in [-0.2, 0) is 6.42 Å². The van der Waals surface area contributed by atoms with Gasteiger partial charge >= 0.3 is 0 Å². The van der Waals surface area contributed by atoms with Gasteiger partial charge in [0, 0.05) is 6.04 Å². The van der Waals surface area contributed by atoms with E-state index in [1.54, 1.807) is 6.07 Å². The highest BCUT2D eigenvalue weighted by atomic mass is 19.2. The van der Waals surface area contributed by atoms with Crippen LogP contribution in [0, 0.1) is 17.6 Å². The Labute approximate surface area is 94.8 Å². The Morgan fingerprint density at radius 2 is 1.94 bits per heavy atom. The van der Waals surface area contributed by atoms with Crippen molar-refractivity contribution in [1.29, 1.82) is 0 Å². The Bertz CT molecular complexity index is 340. The molecule has 1 aromatic carbocycles. The van der Waals surface area contributed by atoms with Gasteiger partial charge in [0.1, 0.15) is 0 Å². The molecule has 0 bridgehead atoms. The summed E-state index contributed by atoms with van der Waals surface area (Å²) in [5.74, 6) is 4.30. The molecule has 4 heteroatoms. The highest BCUT2D eigenvalue weighted by molar-refractivity contribution is 5.18. The number of nitrogens with one attached hydrogen (secondary N) is 1. The van der Waals surface area contributed by atoms with Gasteiger partial charge in [-0.1, -0.05) is 19.9 Å². The van der Waals surface area contributed by atoms with Crippen molar-refractivity contribution in [2.45, 2.75) is 32.7 Å². The van der Waals surface area contributed by atoms with Gasteiger partial charge in [-0.05, 0) is 36.5 Å². The van der Waals surface area contributed by atoms with Gasteiger partial charge in [-0.3, -0.25) is 11.3 Å². The third-order valence-electron chi connectivity index (χ3n) is 2.46. The van der Waals surface area contributed by atoms with Gasteiger partial charge < -0.3 is 0 Å². The zero-order valence-corrected chi connectivity index (χ0v) is 9.63. The van der Waals surface area contributed by atoms with Gasteiger partial charge in [0.25, 0.3) is 0 Å². The van der Waals surface area contributed by atoms with E-state index in [2.05, 4.69) is 19.3 Å². The van der Waals surface area contributed by atoms with E-state index in [0.717, 1.165) is 18.1 Å². The summed E-state index contributed by atoms with van der Waals surface area (Å²) in [6.07, 6.45) is 1.50. The van der Waals surface area contributed by atoms with Gasteiger partial charge in [0.2, 0.25) is 0 Å². The summed E-state index contributed by atoms with van der Waals surface area (Å²) in [7, 11) is 0. The van der Waals surface area contributed by atoms with Gasteiger partial charge in [-0.25, -0.2) is 8.78 Å². The van der Waals surface area contributed by atoms with Gasteiger partial charge in [-0.15, -0.1) is 0 Å². The second kappa shape index (κ2) is 5.92. The molecule has 0 aliphatic heterocycles. The molecule has 0 saturated carbocycles.